The van der Waals surface area contributed by atoms with Gasteiger partial charge in [-0.15, -0.1) is 0 Å². The average Bonchev–Trinajstić information content (AvgIpc) is 2.97. The van der Waals surface area contributed by atoms with Gasteiger partial charge in [0.15, 0.2) is 5.82 Å². The van der Waals surface area contributed by atoms with Gasteiger partial charge in [-0.2, -0.15) is 0 Å². The van der Waals surface area contributed by atoms with E-state index >= 15 is 0 Å². The third-order valence-electron chi connectivity index (χ3n) is 4.03. The monoisotopic (exact) mass is 292 g/mol. The van der Waals surface area contributed by atoms with E-state index < -0.39 is 5.82 Å². The first-order valence-electron chi connectivity index (χ1n) is 7.23. The average molecular weight is 293 g/mol. The van der Waals surface area contributed by atoms with Crippen molar-refractivity contribution in [2.75, 3.05) is 11.9 Å². The maximum atomic E-state index is 14.3. The Bertz CT molecular complexity index is 636. The van der Waals surface area contributed by atoms with Gasteiger partial charge in [0.25, 0.3) is 0 Å². The molecule has 1 aliphatic rings. The van der Waals surface area contributed by atoms with Crippen molar-refractivity contribution >= 4 is 28.2 Å². The highest BCUT2D eigenvalue weighted by molar-refractivity contribution is 6.31. The van der Waals surface area contributed by atoms with Crippen LogP contribution < -0.4 is 5.32 Å². The molecule has 0 bridgehead atoms. The molecule has 0 spiro atoms. The summed E-state index contributed by atoms with van der Waals surface area (Å²) in [6, 6.07) is 5.51. The first-order valence-corrected chi connectivity index (χ1v) is 7.61. The minimum Gasteiger partial charge on any atom is -0.385 e. The van der Waals surface area contributed by atoms with Crippen LogP contribution >= 0.6 is 11.6 Å². The van der Waals surface area contributed by atoms with Gasteiger partial charge in [-0.25, -0.2) is 9.37 Å². The molecule has 1 N–H and O–H groups in total. The largest absolute Gasteiger partial charge is 0.385 e. The smallest absolute Gasteiger partial charge is 0.168 e. The molecule has 1 aromatic heterocycles. The molecule has 1 fully saturated rings. The van der Waals surface area contributed by atoms with Gasteiger partial charge < -0.3 is 5.32 Å². The molecule has 1 aromatic carbocycles. The molecule has 0 radical (unpaired) electrons. The second kappa shape index (κ2) is 5.57. The Morgan fingerprint density at radius 2 is 2.10 bits per heavy atom. The number of halogens is 2. The van der Waals surface area contributed by atoms with Crippen LogP contribution in [0, 0.1) is 5.82 Å². The number of fused-ring (bicyclic) bond motifs is 1. The van der Waals surface area contributed by atoms with E-state index in [4.69, 9.17) is 11.6 Å². The minimum absolute atomic E-state index is 0.135. The lowest BCUT2D eigenvalue weighted by molar-refractivity contribution is 0.634. The van der Waals surface area contributed by atoms with E-state index in [9.17, 15) is 4.39 Å². The topological polar surface area (TPSA) is 24.9 Å². The molecule has 0 unspecified atom stereocenters. The Balaban J connectivity index is 2.19. The molecule has 1 heterocycles. The molecule has 2 nitrogen and oxygen atoms in total. The predicted molar refractivity (Wildman–Crippen MR) is 82.1 cm³/mol. The first kappa shape index (κ1) is 13.6. The zero-order valence-corrected chi connectivity index (χ0v) is 12.3. The molecule has 0 amide bonds. The maximum Gasteiger partial charge on any atom is 0.168 e. The fourth-order valence-electron chi connectivity index (χ4n) is 3.02. The number of hydrogen-bond donors (Lipinski definition) is 1. The Morgan fingerprint density at radius 3 is 2.80 bits per heavy atom. The minimum atomic E-state index is -0.414. The van der Waals surface area contributed by atoms with Crippen molar-refractivity contribution in [3.8, 4) is 0 Å². The normalized spacial score (nSPS) is 15.9. The highest BCUT2D eigenvalue weighted by atomic mass is 35.5. The number of aromatic nitrogens is 1. The maximum absolute atomic E-state index is 14.3. The summed E-state index contributed by atoms with van der Waals surface area (Å²) in [5, 5.41) is 4.25. The van der Waals surface area contributed by atoms with Crippen LogP contribution in [0.4, 0.5) is 10.1 Å². The summed E-state index contributed by atoms with van der Waals surface area (Å²) in [6.07, 6.45) is 4.76. The number of benzene rings is 1. The third kappa shape index (κ3) is 2.35. The van der Waals surface area contributed by atoms with Gasteiger partial charge in [-0.3, -0.25) is 0 Å². The van der Waals surface area contributed by atoms with Gasteiger partial charge in [0.05, 0.1) is 5.02 Å². The Morgan fingerprint density at radius 1 is 1.35 bits per heavy atom. The van der Waals surface area contributed by atoms with Crippen molar-refractivity contribution in [2.45, 2.75) is 38.5 Å². The zero-order chi connectivity index (χ0) is 14.1. The van der Waals surface area contributed by atoms with Gasteiger partial charge >= 0.3 is 0 Å². The summed E-state index contributed by atoms with van der Waals surface area (Å²) in [5.41, 5.74) is 2.33. The van der Waals surface area contributed by atoms with E-state index in [0.29, 0.717) is 11.4 Å². The molecule has 4 heteroatoms. The quantitative estimate of drug-likeness (QED) is 0.849. The SMILES string of the molecule is CCNc1cc(C2CCCC2)nc2c(F)c(Cl)ccc12. The van der Waals surface area contributed by atoms with Crippen LogP contribution in [0.2, 0.25) is 5.02 Å². The zero-order valence-electron chi connectivity index (χ0n) is 11.5. The standard InChI is InChI=1S/C16H18ClFN2/c1-2-19-14-9-13(10-5-3-4-6-10)20-16-11(14)7-8-12(17)15(16)18/h7-10H,2-6H2,1H3,(H,19,20). The third-order valence-corrected chi connectivity index (χ3v) is 4.32. The fraction of sp³-hybridized carbons (Fsp3) is 0.438. The molecule has 0 atom stereocenters. The van der Waals surface area contributed by atoms with Crippen molar-refractivity contribution < 1.29 is 4.39 Å². The van der Waals surface area contributed by atoms with E-state index in [1.807, 2.05) is 13.0 Å². The Kier molecular flexibility index (Phi) is 3.79. The summed E-state index contributed by atoms with van der Waals surface area (Å²) < 4.78 is 14.3. The Hall–Kier alpha value is -1.35. The summed E-state index contributed by atoms with van der Waals surface area (Å²) in [5.74, 6) is 0.0401. The van der Waals surface area contributed by atoms with Crippen molar-refractivity contribution in [2.24, 2.45) is 0 Å². The van der Waals surface area contributed by atoms with Crippen molar-refractivity contribution in [1.29, 1.82) is 0 Å². The summed E-state index contributed by atoms with van der Waals surface area (Å²) in [6.45, 7) is 2.83. The molecule has 2 aromatic rings. The van der Waals surface area contributed by atoms with Crippen LogP contribution in [-0.4, -0.2) is 11.5 Å². The molecule has 1 saturated carbocycles. The summed E-state index contributed by atoms with van der Waals surface area (Å²) in [4.78, 5) is 4.56. The Labute approximate surface area is 123 Å². The van der Waals surface area contributed by atoms with Gasteiger partial charge in [-0.1, -0.05) is 24.4 Å². The van der Waals surface area contributed by atoms with E-state index in [1.165, 1.54) is 12.8 Å². The van der Waals surface area contributed by atoms with Crippen LogP contribution in [0.1, 0.15) is 44.2 Å². The summed E-state index contributed by atoms with van der Waals surface area (Å²) in [7, 11) is 0. The summed E-state index contributed by atoms with van der Waals surface area (Å²) >= 11 is 5.89. The van der Waals surface area contributed by atoms with Crippen molar-refractivity contribution in [1.82, 2.24) is 4.98 Å². The van der Waals surface area contributed by atoms with Crippen LogP contribution in [0.25, 0.3) is 10.9 Å². The second-order valence-corrected chi connectivity index (χ2v) is 5.77. The molecule has 0 saturated heterocycles. The highest BCUT2D eigenvalue weighted by Gasteiger charge is 2.21. The van der Waals surface area contributed by atoms with E-state index in [-0.39, 0.29) is 5.02 Å². The van der Waals surface area contributed by atoms with Crippen molar-refractivity contribution in [3.63, 3.8) is 0 Å². The second-order valence-electron chi connectivity index (χ2n) is 5.36. The van der Waals surface area contributed by atoms with E-state index in [2.05, 4.69) is 16.4 Å². The van der Waals surface area contributed by atoms with Gasteiger partial charge in [0.2, 0.25) is 0 Å². The van der Waals surface area contributed by atoms with Crippen LogP contribution in [0.15, 0.2) is 18.2 Å². The number of nitrogens with one attached hydrogen (secondary N) is 1. The molecule has 106 valence electrons. The molecular weight excluding hydrogens is 275 g/mol. The first-order chi connectivity index (χ1) is 9.70. The fourth-order valence-corrected chi connectivity index (χ4v) is 3.17. The van der Waals surface area contributed by atoms with Crippen molar-refractivity contribution in [3.05, 3.63) is 34.7 Å². The van der Waals surface area contributed by atoms with Gasteiger partial charge in [-0.05, 0) is 38.0 Å². The molecule has 1 aliphatic carbocycles. The van der Waals surface area contributed by atoms with E-state index in [1.54, 1.807) is 6.07 Å². The number of nitrogens with zero attached hydrogens (tertiary/aromatic N) is 1. The highest BCUT2D eigenvalue weighted by Crippen LogP contribution is 2.37. The van der Waals surface area contributed by atoms with Crippen LogP contribution in [-0.2, 0) is 0 Å². The number of hydrogen-bond acceptors (Lipinski definition) is 2. The predicted octanol–water partition coefficient (Wildman–Crippen LogP) is 5.12. The molecule has 20 heavy (non-hydrogen) atoms. The lowest BCUT2D eigenvalue weighted by atomic mass is 10.0. The van der Waals surface area contributed by atoms with Gasteiger partial charge in [0.1, 0.15) is 5.52 Å². The number of anilines is 1. The number of rotatable bonds is 3. The van der Waals surface area contributed by atoms with Crippen LogP contribution in [0.3, 0.4) is 0 Å². The lowest BCUT2D eigenvalue weighted by Gasteiger charge is -2.15. The molecule has 3 rings (SSSR count). The van der Waals surface area contributed by atoms with E-state index in [0.717, 1.165) is 36.2 Å². The molecular formula is C16H18ClFN2. The molecule has 0 aliphatic heterocycles. The van der Waals surface area contributed by atoms with Crippen LogP contribution in [0.5, 0.6) is 0 Å². The number of pyridine rings is 1. The van der Waals surface area contributed by atoms with Gasteiger partial charge in [0, 0.05) is 29.2 Å². The lowest BCUT2D eigenvalue weighted by Crippen LogP contribution is -2.04.